The van der Waals surface area contributed by atoms with E-state index in [9.17, 15) is 8.42 Å². The fraction of sp³-hybridized carbons (Fsp3) is 0.500. The molecule has 0 saturated carbocycles. The molecule has 2 rings (SSSR count). The van der Waals surface area contributed by atoms with Gasteiger partial charge in [-0.15, -0.1) is 0 Å². The molecular formula is C10H14ClN3O3S. The fourth-order valence-corrected chi connectivity index (χ4v) is 3.22. The molecule has 1 unspecified atom stereocenters. The number of halogens is 1. The minimum absolute atomic E-state index is 0.0541. The number of rotatable bonds is 4. The summed E-state index contributed by atoms with van der Waals surface area (Å²) in [6.45, 7) is 0.972. The molecule has 1 aliphatic rings. The van der Waals surface area contributed by atoms with Gasteiger partial charge >= 0.3 is 0 Å². The highest BCUT2D eigenvalue weighted by atomic mass is 35.5. The SMILES string of the molecule is CNc1ncc(S(=O)(=O)NC2CCOC2)cc1Cl. The molecule has 1 aromatic heterocycles. The predicted molar refractivity (Wildman–Crippen MR) is 68.3 cm³/mol. The molecule has 1 atom stereocenters. The van der Waals surface area contributed by atoms with Crippen molar-refractivity contribution < 1.29 is 13.2 Å². The van der Waals surface area contributed by atoms with Crippen LogP contribution in [-0.4, -0.2) is 39.7 Å². The molecule has 0 bridgehead atoms. The van der Waals surface area contributed by atoms with Crippen LogP contribution >= 0.6 is 11.6 Å². The van der Waals surface area contributed by atoms with Crippen molar-refractivity contribution in [1.29, 1.82) is 0 Å². The molecule has 18 heavy (non-hydrogen) atoms. The summed E-state index contributed by atoms with van der Waals surface area (Å²) in [6, 6.07) is 1.19. The Bertz CT molecular complexity index is 529. The maximum atomic E-state index is 12.1. The average Bonchev–Trinajstić information content (AvgIpc) is 2.81. The Morgan fingerprint density at radius 1 is 1.56 bits per heavy atom. The first-order valence-electron chi connectivity index (χ1n) is 5.46. The molecule has 1 fully saturated rings. The van der Waals surface area contributed by atoms with Crippen LogP contribution in [0.2, 0.25) is 5.02 Å². The Morgan fingerprint density at radius 2 is 2.33 bits per heavy atom. The first kappa shape index (κ1) is 13.5. The van der Waals surface area contributed by atoms with E-state index in [2.05, 4.69) is 15.0 Å². The van der Waals surface area contributed by atoms with Crippen molar-refractivity contribution in [2.45, 2.75) is 17.4 Å². The zero-order valence-corrected chi connectivity index (χ0v) is 11.4. The molecule has 6 nitrogen and oxygen atoms in total. The Hall–Kier alpha value is -0.890. The molecule has 1 saturated heterocycles. The number of nitrogens with zero attached hydrogens (tertiary/aromatic N) is 1. The van der Waals surface area contributed by atoms with Crippen molar-refractivity contribution in [3.63, 3.8) is 0 Å². The first-order valence-corrected chi connectivity index (χ1v) is 7.32. The normalized spacial score (nSPS) is 20.0. The van der Waals surface area contributed by atoms with E-state index in [1.807, 2.05) is 0 Å². The van der Waals surface area contributed by atoms with Gasteiger partial charge in [0.15, 0.2) is 0 Å². The molecule has 0 aliphatic carbocycles. The summed E-state index contributed by atoms with van der Waals surface area (Å²) >= 11 is 5.91. The Kier molecular flexibility index (Phi) is 4.06. The van der Waals surface area contributed by atoms with E-state index in [1.165, 1.54) is 12.3 Å². The summed E-state index contributed by atoms with van der Waals surface area (Å²) in [5.74, 6) is 0.444. The molecule has 0 aromatic carbocycles. The number of sulfonamides is 1. The predicted octanol–water partition coefficient (Wildman–Crippen LogP) is 0.844. The summed E-state index contributed by atoms with van der Waals surface area (Å²) in [5, 5.41) is 3.04. The highest BCUT2D eigenvalue weighted by Crippen LogP contribution is 2.22. The van der Waals surface area contributed by atoms with Crippen LogP contribution in [0.15, 0.2) is 17.2 Å². The van der Waals surface area contributed by atoms with E-state index in [4.69, 9.17) is 16.3 Å². The summed E-state index contributed by atoms with van der Waals surface area (Å²) in [6.07, 6.45) is 1.95. The van der Waals surface area contributed by atoms with Crippen LogP contribution in [0.4, 0.5) is 5.82 Å². The van der Waals surface area contributed by atoms with Crippen LogP contribution in [0.1, 0.15) is 6.42 Å². The van der Waals surface area contributed by atoms with Gasteiger partial charge in [-0.05, 0) is 12.5 Å². The van der Waals surface area contributed by atoms with Crippen LogP contribution in [-0.2, 0) is 14.8 Å². The minimum Gasteiger partial charge on any atom is -0.380 e. The van der Waals surface area contributed by atoms with E-state index in [-0.39, 0.29) is 16.0 Å². The monoisotopic (exact) mass is 291 g/mol. The van der Waals surface area contributed by atoms with E-state index in [0.29, 0.717) is 25.5 Å². The van der Waals surface area contributed by atoms with Crippen LogP contribution in [0.5, 0.6) is 0 Å². The second-order valence-electron chi connectivity index (χ2n) is 3.93. The molecular weight excluding hydrogens is 278 g/mol. The van der Waals surface area contributed by atoms with Crippen LogP contribution in [0.3, 0.4) is 0 Å². The quantitative estimate of drug-likeness (QED) is 0.859. The van der Waals surface area contributed by atoms with Gasteiger partial charge in [-0.25, -0.2) is 18.1 Å². The highest BCUT2D eigenvalue weighted by Gasteiger charge is 2.24. The average molecular weight is 292 g/mol. The largest absolute Gasteiger partial charge is 0.380 e. The number of aromatic nitrogens is 1. The lowest BCUT2D eigenvalue weighted by Crippen LogP contribution is -2.35. The van der Waals surface area contributed by atoms with Gasteiger partial charge in [-0.2, -0.15) is 0 Å². The molecule has 2 N–H and O–H groups in total. The summed E-state index contributed by atoms with van der Waals surface area (Å²) < 4.78 is 31.8. The van der Waals surface area contributed by atoms with Crippen molar-refractivity contribution in [3.8, 4) is 0 Å². The van der Waals surface area contributed by atoms with Crippen molar-refractivity contribution in [3.05, 3.63) is 17.3 Å². The van der Waals surface area contributed by atoms with Crippen molar-refractivity contribution >= 4 is 27.4 Å². The fourth-order valence-electron chi connectivity index (χ4n) is 1.67. The molecule has 1 aromatic rings. The van der Waals surface area contributed by atoms with E-state index in [0.717, 1.165) is 0 Å². The maximum Gasteiger partial charge on any atom is 0.242 e. The number of nitrogens with one attached hydrogen (secondary N) is 2. The van der Waals surface area contributed by atoms with Gasteiger partial charge < -0.3 is 10.1 Å². The highest BCUT2D eigenvalue weighted by molar-refractivity contribution is 7.89. The van der Waals surface area contributed by atoms with Gasteiger partial charge in [0.25, 0.3) is 0 Å². The van der Waals surface area contributed by atoms with Gasteiger partial charge in [-0.1, -0.05) is 11.6 Å². The molecule has 0 spiro atoms. The summed E-state index contributed by atoms with van der Waals surface area (Å²) in [4.78, 5) is 4.00. The van der Waals surface area contributed by atoms with Crippen LogP contribution in [0, 0.1) is 0 Å². The molecule has 2 heterocycles. The first-order chi connectivity index (χ1) is 8.53. The van der Waals surface area contributed by atoms with E-state index in [1.54, 1.807) is 7.05 Å². The molecule has 1 aliphatic heterocycles. The topological polar surface area (TPSA) is 80.3 Å². The van der Waals surface area contributed by atoms with Gasteiger partial charge in [0, 0.05) is 25.9 Å². The van der Waals surface area contributed by atoms with Crippen LogP contribution < -0.4 is 10.0 Å². The maximum absolute atomic E-state index is 12.1. The van der Waals surface area contributed by atoms with E-state index < -0.39 is 10.0 Å². The van der Waals surface area contributed by atoms with Crippen molar-refractivity contribution in [2.75, 3.05) is 25.6 Å². The minimum atomic E-state index is -3.60. The van der Waals surface area contributed by atoms with Crippen molar-refractivity contribution in [2.24, 2.45) is 0 Å². The third-order valence-corrected chi connectivity index (χ3v) is 4.39. The van der Waals surface area contributed by atoms with Gasteiger partial charge in [0.2, 0.25) is 10.0 Å². The summed E-state index contributed by atoms with van der Waals surface area (Å²) in [7, 11) is -1.93. The standard InChI is InChI=1S/C10H14ClN3O3S/c1-12-10-9(11)4-8(5-13-10)18(15,16)14-7-2-3-17-6-7/h4-5,7,14H,2-3,6H2,1H3,(H,12,13). The Labute approximate surface area is 111 Å². The van der Waals surface area contributed by atoms with Gasteiger partial charge in [0.05, 0.1) is 11.6 Å². The number of ether oxygens (including phenoxy) is 1. The zero-order valence-electron chi connectivity index (χ0n) is 9.81. The third kappa shape index (κ3) is 2.92. The number of pyridine rings is 1. The van der Waals surface area contributed by atoms with Crippen LogP contribution in [0.25, 0.3) is 0 Å². The van der Waals surface area contributed by atoms with E-state index >= 15 is 0 Å². The molecule has 100 valence electrons. The number of hydrogen-bond donors (Lipinski definition) is 2. The van der Waals surface area contributed by atoms with Crippen molar-refractivity contribution in [1.82, 2.24) is 9.71 Å². The Morgan fingerprint density at radius 3 is 2.89 bits per heavy atom. The van der Waals surface area contributed by atoms with Gasteiger partial charge in [0.1, 0.15) is 10.7 Å². The number of anilines is 1. The molecule has 0 amide bonds. The smallest absolute Gasteiger partial charge is 0.242 e. The lowest BCUT2D eigenvalue weighted by Gasteiger charge is -2.12. The number of hydrogen-bond acceptors (Lipinski definition) is 5. The third-order valence-electron chi connectivity index (χ3n) is 2.61. The zero-order chi connectivity index (χ0) is 13.2. The van der Waals surface area contributed by atoms with Gasteiger partial charge in [-0.3, -0.25) is 0 Å². The Balaban J connectivity index is 2.21. The second kappa shape index (κ2) is 5.40. The lowest BCUT2D eigenvalue weighted by atomic mass is 10.3. The molecule has 0 radical (unpaired) electrons. The second-order valence-corrected chi connectivity index (χ2v) is 6.05. The summed E-state index contributed by atoms with van der Waals surface area (Å²) in [5.41, 5.74) is 0. The molecule has 8 heteroatoms. The lowest BCUT2D eigenvalue weighted by molar-refractivity contribution is 0.192.